The lowest BCUT2D eigenvalue weighted by atomic mass is 9.78. The molecule has 1 heterocycles. The molecule has 0 atom stereocenters. The summed E-state index contributed by atoms with van der Waals surface area (Å²) in [4.78, 5) is 12.3. The Morgan fingerprint density at radius 1 is 1.35 bits per heavy atom. The Balaban J connectivity index is 1.61. The van der Waals surface area contributed by atoms with Crippen LogP contribution in [-0.2, 0) is 12.6 Å². The molecule has 0 aliphatic heterocycles. The Morgan fingerprint density at radius 2 is 2.00 bits per heavy atom. The smallest absolute Gasteiger partial charge is 0.256 e. The highest BCUT2D eigenvalue weighted by Crippen LogP contribution is 2.37. The van der Waals surface area contributed by atoms with Crippen LogP contribution < -0.4 is 5.32 Å². The molecule has 23 heavy (non-hydrogen) atoms. The number of aliphatic hydroxyl groups is 1. The predicted octanol–water partition coefficient (Wildman–Crippen LogP) is 2.63. The van der Waals surface area contributed by atoms with Crippen molar-refractivity contribution in [1.82, 2.24) is 15.1 Å². The highest BCUT2D eigenvalue weighted by molar-refractivity contribution is 6.32. The number of aromatic nitrogens is 2. The van der Waals surface area contributed by atoms with Gasteiger partial charge in [0.15, 0.2) is 5.15 Å². The fourth-order valence-corrected chi connectivity index (χ4v) is 3.41. The number of hydrogen-bond acceptors (Lipinski definition) is 3. The van der Waals surface area contributed by atoms with Gasteiger partial charge in [-0.15, -0.1) is 0 Å². The van der Waals surface area contributed by atoms with Crippen LogP contribution in [0.5, 0.6) is 0 Å². The Hall–Kier alpha value is -1.85. The second kappa shape index (κ2) is 6.34. The molecule has 1 aliphatic carbocycles. The molecule has 122 valence electrons. The second-order valence-electron chi connectivity index (χ2n) is 6.15. The number of nitrogens with one attached hydrogen (secondary N) is 1. The van der Waals surface area contributed by atoms with Crippen LogP contribution in [0.2, 0.25) is 5.15 Å². The molecule has 1 aromatic carbocycles. The summed E-state index contributed by atoms with van der Waals surface area (Å²) in [6, 6.07) is 9.76. The largest absolute Gasteiger partial charge is 0.385 e. The molecule has 0 radical (unpaired) electrons. The number of hydrogen-bond donors (Lipinski definition) is 2. The lowest BCUT2D eigenvalue weighted by Crippen LogP contribution is -2.42. The molecular weight excluding hydrogens is 314 g/mol. The van der Waals surface area contributed by atoms with Crippen LogP contribution in [0.25, 0.3) is 0 Å². The summed E-state index contributed by atoms with van der Waals surface area (Å²) in [5.74, 6) is -0.210. The van der Waals surface area contributed by atoms with Gasteiger partial charge in [-0.05, 0) is 31.2 Å². The predicted molar refractivity (Wildman–Crippen MR) is 88.3 cm³/mol. The summed E-state index contributed by atoms with van der Waals surface area (Å²) in [6.45, 7) is 0. The van der Waals surface area contributed by atoms with Crippen LogP contribution >= 0.6 is 11.6 Å². The van der Waals surface area contributed by atoms with E-state index in [0.29, 0.717) is 18.4 Å². The van der Waals surface area contributed by atoms with Gasteiger partial charge in [-0.1, -0.05) is 41.9 Å². The third kappa shape index (κ3) is 3.41. The average Bonchev–Trinajstić information content (AvgIpc) is 2.89. The molecule has 1 saturated carbocycles. The number of nitrogens with zero attached hydrogens (tertiary/aromatic N) is 2. The molecule has 1 aliphatic rings. The lowest BCUT2D eigenvalue weighted by Gasteiger charge is -2.36. The van der Waals surface area contributed by atoms with E-state index < -0.39 is 5.60 Å². The Kier molecular flexibility index (Phi) is 4.41. The Morgan fingerprint density at radius 3 is 2.57 bits per heavy atom. The fourth-order valence-electron chi connectivity index (χ4n) is 3.15. The summed E-state index contributed by atoms with van der Waals surface area (Å²) in [5, 5.41) is 18.0. The van der Waals surface area contributed by atoms with Crippen molar-refractivity contribution >= 4 is 17.5 Å². The number of rotatable bonds is 3. The second-order valence-corrected chi connectivity index (χ2v) is 6.51. The number of aryl methyl sites for hydroxylation is 1. The minimum atomic E-state index is -0.797. The van der Waals surface area contributed by atoms with Gasteiger partial charge in [0.2, 0.25) is 0 Å². The van der Waals surface area contributed by atoms with Crippen LogP contribution in [0.15, 0.2) is 36.5 Å². The van der Waals surface area contributed by atoms with E-state index in [1.165, 1.54) is 4.68 Å². The molecule has 2 N–H and O–H groups in total. The molecule has 6 heteroatoms. The first-order chi connectivity index (χ1) is 11.0. The fraction of sp³-hybridized carbons (Fsp3) is 0.412. The summed E-state index contributed by atoms with van der Waals surface area (Å²) in [7, 11) is 1.73. The zero-order valence-electron chi connectivity index (χ0n) is 13.0. The molecule has 1 fully saturated rings. The van der Waals surface area contributed by atoms with Crippen molar-refractivity contribution in [2.24, 2.45) is 7.05 Å². The van der Waals surface area contributed by atoms with Gasteiger partial charge in [-0.2, -0.15) is 5.10 Å². The molecule has 0 bridgehead atoms. The quantitative estimate of drug-likeness (QED) is 0.907. The van der Waals surface area contributed by atoms with Crippen molar-refractivity contribution in [2.75, 3.05) is 0 Å². The number of carbonyl (C=O) groups excluding carboxylic acids is 1. The molecular formula is C17H20ClN3O2. The summed E-state index contributed by atoms with van der Waals surface area (Å²) in [6.07, 6.45) is 4.33. The number of halogens is 1. The van der Waals surface area contributed by atoms with Gasteiger partial charge in [0.05, 0.1) is 11.2 Å². The van der Waals surface area contributed by atoms with Gasteiger partial charge in [-0.25, -0.2) is 0 Å². The maximum absolute atomic E-state index is 12.3. The standard InChI is InChI=1S/C17H20ClN3O2/c1-21-11-14(15(18)20-21)16(22)19-13-7-9-17(23,10-8-13)12-5-3-2-4-6-12/h2-6,11,13,23H,7-10H2,1H3,(H,19,22). The molecule has 2 aromatic rings. The summed E-state index contributed by atoms with van der Waals surface area (Å²) >= 11 is 5.95. The van der Waals surface area contributed by atoms with E-state index in [4.69, 9.17) is 11.6 Å². The van der Waals surface area contributed by atoms with Crippen molar-refractivity contribution < 1.29 is 9.90 Å². The molecule has 3 rings (SSSR count). The Bertz CT molecular complexity index is 691. The van der Waals surface area contributed by atoms with Crippen molar-refractivity contribution in [3.05, 3.63) is 52.8 Å². The molecule has 0 unspecified atom stereocenters. The van der Waals surface area contributed by atoms with Gasteiger partial charge < -0.3 is 10.4 Å². The van der Waals surface area contributed by atoms with E-state index >= 15 is 0 Å². The minimum Gasteiger partial charge on any atom is -0.385 e. The van der Waals surface area contributed by atoms with Crippen LogP contribution in [0.1, 0.15) is 41.6 Å². The van der Waals surface area contributed by atoms with Crippen LogP contribution in [-0.4, -0.2) is 26.8 Å². The molecule has 5 nitrogen and oxygen atoms in total. The minimum absolute atomic E-state index is 0.0442. The summed E-state index contributed by atoms with van der Waals surface area (Å²) < 4.78 is 1.52. The van der Waals surface area contributed by atoms with E-state index in [9.17, 15) is 9.90 Å². The van der Waals surface area contributed by atoms with Gasteiger partial charge >= 0.3 is 0 Å². The monoisotopic (exact) mass is 333 g/mol. The normalized spacial score (nSPS) is 24.4. The zero-order valence-corrected chi connectivity index (χ0v) is 13.8. The number of benzene rings is 1. The van der Waals surface area contributed by atoms with Crippen LogP contribution in [0.3, 0.4) is 0 Å². The van der Waals surface area contributed by atoms with Crippen molar-refractivity contribution in [2.45, 2.75) is 37.3 Å². The van der Waals surface area contributed by atoms with E-state index in [1.54, 1.807) is 13.2 Å². The van der Waals surface area contributed by atoms with E-state index in [2.05, 4.69) is 10.4 Å². The first kappa shape index (κ1) is 16.0. The van der Waals surface area contributed by atoms with Crippen molar-refractivity contribution in [3.63, 3.8) is 0 Å². The molecule has 0 saturated heterocycles. The van der Waals surface area contributed by atoms with Gasteiger partial charge in [0.25, 0.3) is 5.91 Å². The van der Waals surface area contributed by atoms with E-state index in [-0.39, 0.29) is 17.1 Å². The highest BCUT2D eigenvalue weighted by atomic mass is 35.5. The van der Waals surface area contributed by atoms with E-state index in [0.717, 1.165) is 18.4 Å². The molecule has 1 amide bonds. The lowest BCUT2D eigenvalue weighted by molar-refractivity contribution is -0.00803. The maximum Gasteiger partial charge on any atom is 0.256 e. The topological polar surface area (TPSA) is 67.2 Å². The third-order valence-electron chi connectivity index (χ3n) is 4.49. The first-order valence-electron chi connectivity index (χ1n) is 7.76. The first-order valence-corrected chi connectivity index (χ1v) is 8.14. The van der Waals surface area contributed by atoms with Crippen molar-refractivity contribution in [3.8, 4) is 0 Å². The SMILES string of the molecule is Cn1cc(C(=O)NC2CCC(O)(c3ccccc3)CC2)c(Cl)n1. The van der Waals surface area contributed by atoms with Gasteiger partial charge in [-0.3, -0.25) is 9.48 Å². The highest BCUT2D eigenvalue weighted by Gasteiger charge is 2.35. The molecule has 0 spiro atoms. The third-order valence-corrected chi connectivity index (χ3v) is 4.77. The van der Waals surface area contributed by atoms with Gasteiger partial charge in [0.1, 0.15) is 0 Å². The van der Waals surface area contributed by atoms with Gasteiger partial charge in [0, 0.05) is 19.3 Å². The van der Waals surface area contributed by atoms with Crippen LogP contribution in [0, 0.1) is 0 Å². The molecule has 1 aromatic heterocycles. The number of amides is 1. The zero-order chi connectivity index (χ0) is 16.4. The van der Waals surface area contributed by atoms with Crippen LogP contribution in [0.4, 0.5) is 0 Å². The van der Waals surface area contributed by atoms with Crippen molar-refractivity contribution in [1.29, 1.82) is 0 Å². The Labute approximate surface area is 140 Å². The maximum atomic E-state index is 12.3. The summed E-state index contributed by atoms with van der Waals surface area (Å²) in [5.41, 5.74) is 0.534. The average molecular weight is 334 g/mol. The van der Waals surface area contributed by atoms with E-state index in [1.807, 2.05) is 30.3 Å². The number of carbonyl (C=O) groups is 1.